The second-order valence-electron chi connectivity index (χ2n) is 12.4. The molecule has 46 heavy (non-hydrogen) atoms. The first-order chi connectivity index (χ1) is 21.9. The van der Waals surface area contributed by atoms with E-state index in [9.17, 15) is 27.5 Å². The molecule has 9 nitrogen and oxygen atoms in total. The van der Waals surface area contributed by atoms with E-state index >= 15 is 0 Å². The zero-order valence-corrected chi connectivity index (χ0v) is 26.6. The van der Waals surface area contributed by atoms with Crippen LogP contribution in [0.2, 0.25) is 0 Å². The van der Waals surface area contributed by atoms with Crippen molar-refractivity contribution >= 4 is 11.9 Å². The van der Waals surface area contributed by atoms with Crippen molar-refractivity contribution < 1.29 is 36.7 Å². The molecule has 1 amide bonds. The van der Waals surface area contributed by atoms with Gasteiger partial charge >= 0.3 is 12.3 Å². The first-order valence-corrected chi connectivity index (χ1v) is 15.8. The molecule has 250 valence electrons. The molecule has 1 saturated heterocycles. The third-order valence-corrected chi connectivity index (χ3v) is 9.31. The fraction of sp³-hybridized carbons (Fsp3) is 0.576. The van der Waals surface area contributed by atoms with E-state index in [0.29, 0.717) is 52.6 Å². The van der Waals surface area contributed by atoms with Crippen molar-refractivity contribution in [2.24, 2.45) is 11.8 Å². The molecule has 0 bridgehead atoms. The van der Waals surface area contributed by atoms with Gasteiger partial charge < -0.3 is 19.3 Å². The molecule has 2 aliphatic rings. The van der Waals surface area contributed by atoms with Gasteiger partial charge in [-0.2, -0.15) is 13.2 Å². The standard InChI is InChI=1S/C33H41F4N5O4/c1-5-41(17-23-8-6-22(7-9-23)10-11-43)31-28(39-27(16-38-31)29-19(2)40-46-21(29)4)18-42-20(3)30(45-32(42)44)25-12-24(15-34)13-26(14-25)33(35,36)37/h12-14,16,20,22-23,30,43H,5-11,15,17-18H2,1-4H3/t20-,22-,23-,30?/m0/s1. The number of aliphatic hydroxyl groups excluding tert-OH is 1. The zero-order chi connectivity index (χ0) is 33.2. The van der Waals surface area contributed by atoms with Gasteiger partial charge in [-0.15, -0.1) is 0 Å². The van der Waals surface area contributed by atoms with Crippen molar-refractivity contribution in [2.75, 3.05) is 24.6 Å². The van der Waals surface area contributed by atoms with Crippen LogP contribution in [-0.2, 0) is 24.1 Å². The number of hydrogen-bond donors (Lipinski definition) is 1. The number of aromatic nitrogens is 3. The van der Waals surface area contributed by atoms with Crippen LogP contribution in [0.15, 0.2) is 28.9 Å². The van der Waals surface area contributed by atoms with Crippen LogP contribution in [0.5, 0.6) is 0 Å². The Hall–Kier alpha value is -3.74. The van der Waals surface area contributed by atoms with E-state index in [-0.39, 0.29) is 24.3 Å². The second kappa shape index (κ2) is 13.9. The lowest BCUT2D eigenvalue weighted by Gasteiger charge is -2.33. The van der Waals surface area contributed by atoms with Gasteiger partial charge in [0.15, 0.2) is 5.82 Å². The Morgan fingerprint density at radius 1 is 1.11 bits per heavy atom. The number of benzene rings is 1. The third-order valence-electron chi connectivity index (χ3n) is 9.31. The molecular formula is C33H41F4N5O4. The molecular weight excluding hydrogens is 606 g/mol. The first kappa shape index (κ1) is 33.6. The Morgan fingerprint density at radius 3 is 2.43 bits per heavy atom. The molecule has 2 aromatic heterocycles. The Bertz CT molecular complexity index is 1500. The molecule has 2 atom stereocenters. The smallest absolute Gasteiger partial charge is 0.416 e. The fourth-order valence-electron chi connectivity index (χ4n) is 6.77. The van der Waals surface area contributed by atoms with E-state index in [1.54, 1.807) is 27.0 Å². The van der Waals surface area contributed by atoms with Gasteiger partial charge in [-0.1, -0.05) is 18.0 Å². The summed E-state index contributed by atoms with van der Waals surface area (Å²) in [6.45, 7) is 7.80. The minimum Gasteiger partial charge on any atom is -0.439 e. The number of aryl methyl sites for hydroxylation is 2. The summed E-state index contributed by atoms with van der Waals surface area (Å²) in [6, 6.07) is 2.31. The summed E-state index contributed by atoms with van der Waals surface area (Å²) in [5, 5.41) is 13.4. The highest BCUT2D eigenvalue weighted by Crippen LogP contribution is 2.39. The van der Waals surface area contributed by atoms with Crippen LogP contribution in [0.1, 0.15) is 85.9 Å². The van der Waals surface area contributed by atoms with Crippen LogP contribution in [0, 0.1) is 25.7 Å². The third kappa shape index (κ3) is 7.13. The van der Waals surface area contributed by atoms with E-state index in [1.807, 2.05) is 6.92 Å². The van der Waals surface area contributed by atoms with Gasteiger partial charge in [0, 0.05) is 19.7 Å². The van der Waals surface area contributed by atoms with Crippen LogP contribution in [0.3, 0.4) is 0 Å². The summed E-state index contributed by atoms with van der Waals surface area (Å²) >= 11 is 0. The maximum absolute atomic E-state index is 13.6. The van der Waals surface area contributed by atoms with Crippen LogP contribution in [-0.4, -0.2) is 57.0 Å². The molecule has 1 aliphatic carbocycles. The maximum Gasteiger partial charge on any atom is 0.416 e. The van der Waals surface area contributed by atoms with E-state index in [0.717, 1.165) is 50.8 Å². The van der Waals surface area contributed by atoms with E-state index < -0.39 is 36.7 Å². The number of carbonyl (C=O) groups excluding carboxylic acids is 1. The summed E-state index contributed by atoms with van der Waals surface area (Å²) in [6.07, 6.45) is 0.249. The molecule has 0 spiro atoms. The lowest BCUT2D eigenvalue weighted by Crippen LogP contribution is -2.36. The normalized spacial score (nSPS) is 21.9. The molecule has 1 N–H and O–H groups in total. The molecule has 1 aromatic carbocycles. The molecule has 13 heteroatoms. The maximum atomic E-state index is 13.6. The summed E-state index contributed by atoms with van der Waals surface area (Å²) in [7, 11) is 0. The van der Waals surface area contributed by atoms with Crippen LogP contribution in [0.25, 0.3) is 11.3 Å². The summed E-state index contributed by atoms with van der Waals surface area (Å²) in [4.78, 5) is 26.7. The number of rotatable bonds is 11. The predicted molar refractivity (Wildman–Crippen MR) is 163 cm³/mol. The molecule has 1 aliphatic heterocycles. The molecule has 3 aromatic rings. The molecule has 2 fully saturated rings. The zero-order valence-electron chi connectivity index (χ0n) is 26.6. The molecule has 1 unspecified atom stereocenters. The highest BCUT2D eigenvalue weighted by molar-refractivity contribution is 5.72. The van der Waals surface area contributed by atoms with Crippen LogP contribution in [0.4, 0.5) is 28.2 Å². The van der Waals surface area contributed by atoms with Crippen molar-refractivity contribution in [3.63, 3.8) is 0 Å². The number of nitrogens with zero attached hydrogens (tertiary/aromatic N) is 5. The van der Waals surface area contributed by atoms with Crippen LogP contribution >= 0.6 is 0 Å². The van der Waals surface area contributed by atoms with Gasteiger partial charge in [0.05, 0.1) is 41.3 Å². The largest absolute Gasteiger partial charge is 0.439 e. The monoisotopic (exact) mass is 647 g/mol. The van der Waals surface area contributed by atoms with Gasteiger partial charge in [0.25, 0.3) is 0 Å². The summed E-state index contributed by atoms with van der Waals surface area (Å²) in [5.74, 6) is 2.14. The number of ether oxygens (including phenoxy) is 1. The SMILES string of the molecule is CCN(C[C@H]1CC[C@H](CCO)CC1)c1ncc(-c2c(C)noc2C)nc1CN1C(=O)OC(c2cc(CF)cc(C(F)(F)F)c2)[C@@H]1C. The Kier molecular flexibility index (Phi) is 10.2. The number of alkyl halides is 4. The molecule has 1 saturated carbocycles. The number of cyclic esters (lactones) is 1. The quantitative estimate of drug-likeness (QED) is 0.216. The average molecular weight is 648 g/mol. The van der Waals surface area contributed by atoms with Gasteiger partial charge in [0.2, 0.25) is 0 Å². The number of anilines is 1. The van der Waals surface area contributed by atoms with E-state index in [4.69, 9.17) is 19.2 Å². The number of amides is 1. The first-order valence-electron chi connectivity index (χ1n) is 15.8. The molecule has 3 heterocycles. The highest BCUT2D eigenvalue weighted by atomic mass is 19.4. The minimum atomic E-state index is -4.68. The Balaban J connectivity index is 1.46. The van der Waals surface area contributed by atoms with Gasteiger partial charge in [-0.05, 0) is 88.1 Å². The Morgan fingerprint density at radius 2 is 1.83 bits per heavy atom. The predicted octanol–water partition coefficient (Wildman–Crippen LogP) is 7.33. The van der Waals surface area contributed by atoms with Crippen molar-refractivity contribution in [3.05, 3.63) is 58.2 Å². The molecule has 0 radical (unpaired) electrons. The van der Waals surface area contributed by atoms with Crippen molar-refractivity contribution in [2.45, 2.75) is 91.3 Å². The Labute approximate surface area is 265 Å². The number of carbonyl (C=O) groups is 1. The topological polar surface area (TPSA) is 105 Å². The van der Waals surface area contributed by atoms with Gasteiger partial charge in [0.1, 0.15) is 24.2 Å². The summed E-state index contributed by atoms with van der Waals surface area (Å²) in [5.41, 5.74) is 1.31. The van der Waals surface area contributed by atoms with E-state index in [1.165, 1.54) is 11.0 Å². The van der Waals surface area contributed by atoms with Crippen molar-refractivity contribution in [1.82, 2.24) is 20.0 Å². The lowest BCUT2D eigenvalue weighted by molar-refractivity contribution is -0.137. The van der Waals surface area contributed by atoms with E-state index in [2.05, 4.69) is 10.1 Å². The van der Waals surface area contributed by atoms with Gasteiger partial charge in [-0.25, -0.2) is 19.2 Å². The number of hydrogen-bond acceptors (Lipinski definition) is 8. The number of halogens is 4. The average Bonchev–Trinajstić information content (AvgIpc) is 3.52. The van der Waals surface area contributed by atoms with Crippen molar-refractivity contribution in [3.8, 4) is 11.3 Å². The fourth-order valence-corrected chi connectivity index (χ4v) is 6.77. The minimum absolute atomic E-state index is 0.00921. The second-order valence-corrected chi connectivity index (χ2v) is 12.4. The van der Waals surface area contributed by atoms with Crippen molar-refractivity contribution in [1.29, 1.82) is 0 Å². The molecule has 5 rings (SSSR count). The summed E-state index contributed by atoms with van der Waals surface area (Å²) < 4.78 is 65.4. The van der Waals surface area contributed by atoms with Gasteiger partial charge in [-0.3, -0.25) is 4.90 Å². The van der Waals surface area contributed by atoms with Crippen LogP contribution < -0.4 is 4.90 Å². The highest BCUT2D eigenvalue weighted by Gasteiger charge is 2.42. The lowest BCUT2D eigenvalue weighted by atomic mass is 9.80. The number of aliphatic hydroxyl groups is 1.